The molecule has 0 unspecified atom stereocenters. The molecule has 1 aromatic heterocycles. The van der Waals surface area contributed by atoms with Crippen LogP contribution in [0.5, 0.6) is 5.75 Å². The fraction of sp³-hybridized carbons (Fsp3) is 0.269. The highest BCUT2D eigenvalue weighted by molar-refractivity contribution is 6.32. The van der Waals surface area contributed by atoms with Crippen LogP contribution < -0.4 is 4.74 Å². The van der Waals surface area contributed by atoms with Crippen LogP contribution in [-0.4, -0.2) is 22.5 Å². The van der Waals surface area contributed by atoms with E-state index >= 15 is 0 Å². The summed E-state index contributed by atoms with van der Waals surface area (Å²) in [5.41, 5.74) is 2.35. The van der Waals surface area contributed by atoms with Gasteiger partial charge in [0, 0.05) is 12.4 Å². The van der Waals surface area contributed by atoms with Crippen molar-refractivity contribution < 1.29 is 14.3 Å². The van der Waals surface area contributed by atoms with Crippen molar-refractivity contribution in [3.05, 3.63) is 88.0 Å². The van der Waals surface area contributed by atoms with Gasteiger partial charge in [-0.2, -0.15) is 0 Å². The van der Waals surface area contributed by atoms with Gasteiger partial charge in [-0.1, -0.05) is 53.9 Å². The second kappa shape index (κ2) is 10.3. The smallest absolute Gasteiger partial charge is 0.317 e. The Morgan fingerprint density at radius 1 is 1.06 bits per heavy atom. The summed E-state index contributed by atoms with van der Waals surface area (Å²) in [4.78, 5) is 21.2. The Kier molecular flexibility index (Phi) is 7.50. The van der Waals surface area contributed by atoms with Crippen LogP contribution in [0.2, 0.25) is 5.02 Å². The van der Waals surface area contributed by atoms with E-state index in [0.717, 1.165) is 11.1 Å². The molecule has 32 heavy (non-hydrogen) atoms. The molecule has 0 saturated heterocycles. The van der Waals surface area contributed by atoms with Gasteiger partial charge in [-0.3, -0.25) is 9.78 Å². The number of halogens is 1. The maximum absolute atomic E-state index is 12.5. The van der Waals surface area contributed by atoms with E-state index in [9.17, 15) is 4.79 Å². The van der Waals surface area contributed by atoms with E-state index < -0.39 is 5.41 Å². The highest BCUT2D eigenvalue weighted by Gasteiger charge is 2.35. The van der Waals surface area contributed by atoms with Crippen LogP contribution >= 0.6 is 11.6 Å². The lowest BCUT2D eigenvalue weighted by atomic mass is 9.87. The van der Waals surface area contributed by atoms with Crippen molar-refractivity contribution in [2.75, 3.05) is 6.61 Å². The molecule has 5 nitrogen and oxygen atoms in total. The highest BCUT2D eigenvalue weighted by Crippen LogP contribution is 2.31. The molecule has 0 bridgehead atoms. The lowest BCUT2D eigenvalue weighted by Gasteiger charge is -2.22. The molecule has 0 spiro atoms. The summed E-state index contributed by atoms with van der Waals surface area (Å²) >= 11 is 6.48. The van der Waals surface area contributed by atoms with Crippen LogP contribution in [0.25, 0.3) is 0 Å². The molecule has 0 amide bonds. The first kappa shape index (κ1) is 23.3. The number of aromatic nitrogens is 2. The normalized spacial score (nSPS) is 10.8. The maximum Gasteiger partial charge on any atom is 0.317 e. The molecule has 164 valence electrons. The molecule has 0 atom stereocenters. The average molecular weight is 449 g/mol. The zero-order valence-corrected chi connectivity index (χ0v) is 19.4. The summed E-state index contributed by atoms with van der Waals surface area (Å²) in [6.07, 6.45) is 3.08. The van der Waals surface area contributed by atoms with E-state index in [0.29, 0.717) is 34.3 Å². The van der Waals surface area contributed by atoms with Crippen molar-refractivity contribution in [2.24, 2.45) is 0 Å². The van der Waals surface area contributed by atoms with Gasteiger partial charge in [-0.25, -0.2) is 4.98 Å². The molecule has 0 saturated carbocycles. The van der Waals surface area contributed by atoms with Crippen molar-refractivity contribution in [1.29, 1.82) is 0 Å². The SMILES string of the molecule is CCOC(=O)C(C)(C)c1nccnc1C#Cc1c(Cl)ccc(C)c1OCc1ccccc1. The molecule has 0 aliphatic carbocycles. The molecular weight excluding hydrogens is 424 g/mol. The minimum atomic E-state index is -1.00. The van der Waals surface area contributed by atoms with Gasteiger partial charge in [0.25, 0.3) is 0 Å². The number of ether oxygens (including phenoxy) is 2. The number of hydrogen-bond donors (Lipinski definition) is 0. The standard InChI is InChI=1S/C26H25ClN2O3/c1-5-31-25(30)26(3,4)24-22(28-15-16-29-24)14-12-20-21(27)13-11-18(2)23(20)32-17-19-9-7-6-8-10-19/h6-11,13,15-16H,5,17H2,1-4H3. The molecule has 0 aliphatic rings. The van der Waals surface area contributed by atoms with E-state index in [1.807, 2.05) is 43.3 Å². The van der Waals surface area contributed by atoms with Crippen LogP contribution in [0.15, 0.2) is 54.9 Å². The van der Waals surface area contributed by atoms with Gasteiger partial charge in [0.15, 0.2) is 0 Å². The minimum absolute atomic E-state index is 0.282. The van der Waals surface area contributed by atoms with Crippen molar-refractivity contribution in [1.82, 2.24) is 9.97 Å². The predicted octanol–water partition coefficient (Wildman–Crippen LogP) is 5.26. The number of rotatable bonds is 6. The third kappa shape index (κ3) is 5.27. The first-order valence-electron chi connectivity index (χ1n) is 10.3. The Morgan fingerprint density at radius 2 is 1.78 bits per heavy atom. The second-order valence-electron chi connectivity index (χ2n) is 7.69. The Labute approximate surface area is 193 Å². The number of carbonyl (C=O) groups is 1. The molecule has 3 rings (SSSR count). The third-order valence-electron chi connectivity index (χ3n) is 4.91. The molecule has 2 aromatic carbocycles. The van der Waals surface area contributed by atoms with Crippen LogP contribution in [0.4, 0.5) is 0 Å². The molecule has 6 heteroatoms. The van der Waals surface area contributed by atoms with Gasteiger partial charge in [-0.05, 0) is 50.8 Å². The quantitative estimate of drug-likeness (QED) is 0.380. The first-order valence-corrected chi connectivity index (χ1v) is 10.7. The molecule has 1 heterocycles. The lowest BCUT2D eigenvalue weighted by molar-refractivity contribution is -0.149. The van der Waals surface area contributed by atoms with Crippen LogP contribution in [0, 0.1) is 18.8 Å². The number of benzene rings is 2. The maximum atomic E-state index is 12.5. The van der Waals surface area contributed by atoms with Crippen molar-refractivity contribution in [3.63, 3.8) is 0 Å². The monoisotopic (exact) mass is 448 g/mol. The van der Waals surface area contributed by atoms with E-state index in [-0.39, 0.29) is 12.6 Å². The van der Waals surface area contributed by atoms with Crippen LogP contribution in [0.1, 0.15) is 48.8 Å². The largest absolute Gasteiger partial charge is 0.487 e. The van der Waals surface area contributed by atoms with Crippen LogP contribution in [0.3, 0.4) is 0 Å². The van der Waals surface area contributed by atoms with Gasteiger partial charge in [-0.15, -0.1) is 0 Å². The number of aryl methyl sites for hydroxylation is 1. The third-order valence-corrected chi connectivity index (χ3v) is 5.23. The van der Waals surface area contributed by atoms with Gasteiger partial charge in [0.2, 0.25) is 0 Å². The Hall–Kier alpha value is -3.36. The molecule has 3 aromatic rings. The second-order valence-corrected chi connectivity index (χ2v) is 8.10. The van der Waals surface area contributed by atoms with E-state index in [4.69, 9.17) is 21.1 Å². The fourth-order valence-electron chi connectivity index (χ4n) is 3.11. The fourth-order valence-corrected chi connectivity index (χ4v) is 3.31. The number of carbonyl (C=O) groups excluding carboxylic acids is 1. The topological polar surface area (TPSA) is 61.3 Å². The summed E-state index contributed by atoms with van der Waals surface area (Å²) in [5.74, 6) is 6.37. The Bertz CT molecular complexity index is 1160. The molecular formula is C26H25ClN2O3. The number of nitrogens with zero attached hydrogens (tertiary/aromatic N) is 2. The van der Waals surface area contributed by atoms with Gasteiger partial charge >= 0.3 is 5.97 Å². The molecule has 0 aliphatic heterocycles. The molecule has 0 N–H and O–H groups in total. The zero-order valence-electron chi connectivity index (χ0n) is 18.6. The van der Waals surface area contributed by atoms with E-state index in [2.05, 4.69) is 21.8 Å². The Balaban J connectivity index is 1.99. The number of esters is 1. The molecule has 0 fully saturated rings. The van der Waals surface area contributed by atoms with E-state index in [1.165, 1.54) is 6.20 Å². The van der Waals surface area contributed by atoms with Gasteiger partial charge in [0.05, 0.1) is 22.9 Å². The summed E-state index contributed by atoms with van der Waals surface area (Å²) in [7, 11) is 0. The zero-order chi connectivity index (χ0) is 23.1. The highest BCUT2D eigenvalue weighted by atomic mass is 35.5. The predicted molar refractivity (Wildman–Crippen MR) is 125 cm³/mol. The average Bonchev–Trinajstić information content (AvgIpc) is 2.79. The molecule has 0 radical (unpaired) electrons. The number of hydrogen-bond acceptors (Lipinski definition) is 5. The van der Waals surface area contributed by atoms with E-state index in [1.54, 1.807) is 33.0 Å². The van der Waals surface area contributed by atoms with Gasteiger partial charge in [0.1, 0.15) is 23.5 Å². The summed E-state index contributed by atoms with van der Waals surface area (Å²) in [6.45, 7) is 7.87. The van der Waals surface area contributed by atoms with Crippen molar-refractivity contribution in [2.45, 2.75) is 39.7 Å². The van der Waals surface area contributed by atoms with Crippen LogP contribution in [-0.2, 0) is 21.6 Å². The first-order chi connectivity index (χ1) is 15.3. The van der Waals surface area contributed by atoms with Crippen molar-refractivity contribution >= 4 is 17.6 Å². The summed E-state index contributed by atoms with van der Waals surface area (Å²) in [6, 6.07) is 13.6. The Morgan fingerprint density at radius 3 is 2.50 bits per heavy atom. The van der Waals surface area contributed by atoms with Crippen molar-refractivity contribution in [3.8, 4) is 17.6 Å². The lowest BCUT2D eigenvalue weighted by Crippen LogP contribution is -2.33. The summed E-state index contributed by atoms with van der Waals surface area (Å²) < 4.78 is 11.3. The minimum Gasteiger partial charge on any atom is -0.487 e. The van der Waals surface area contributed by atoms with Gasteiger partial charge < -0.3 is 9.47 Å². The summed E-state index contributed by atoms with van der Waals surface area (Å²) in [5, 5.41) is 0.473.